The molecule has 3 heteroatoms. The van der Waals surface area contributed by atoms with Gasteiger partial charge < -0.3 is 9.47 Å². The molecule has 0 amide bonds. The first-order chi connectivity index (χ1) is 9.19. The third-order valence-electron chi connectivity index (χ3n) is 3.12. The van der Waals surface area contributed by atoms with E-state index in [1.165, 1.54) is 4.91 Å². The van der Waals surface area contributed by atoms with Gasteiger partial charge in [-0.05, 0) is 36.5 Å². The Balaban J connectivity index is 2.14. The molecule has 0 aromatic heterocycles. The lowest BCUT2D eigenvalue weighted by atomic mass is 10.1. The number of ether oxygens (including phenoxy) is 2. The van der Waals surface area contributed by atoms with Gasteiger partial charge in [-0.2, -0.15) is 0 Å². The van der Waals surface area contributed by atoms with Crippen molar-refractivity contribution in [3.63, 3.8) is 0 Å². The van der Waals surface area contributed by atoms with Gasteiger partial charge in [0.25, 0.3) is 0 Å². The highest BCUT2D eigenvalue weighted by atomic mass is 32.2. The number of rotatable bonds is 5. The predicted octanol–water partition coefficient (Wildman–Crippen LogP) is 4.31. The standard InChI is InChI=1S/C16H20O2S/c1-4-19-14-9-11-16(17-3,12-10-14)18-15-8-6-5-7-13(15)2/h5-11H,4,12H2,1-3H3. The van der Waals surface area contributed by atoms with Gasteiger partial charge in [0, 0.05) is 18.4 Å². The normalized spacial score (nSPS) is 22.2. The number of thioether (sulfide) groups is 1. The van der Waals surface area contributed by atoms with Crippen molar-refractivity contribution < 1.29 is 9.47 Å². The minimum absolute atomic E-state index is 0.677. The van der Waals surface area contributed by atoms with Gasteiger partial charge in [-0.3, -0.25) is 0 Å². The van der Waals surface area contributed by atoms with Crippen molar-refractivity contribution in [3.8, 4) is 5.75 Å². The molecule has 1 aliphatic rings. The van der Waals surface area contributed by atoms with E-state index in [9.17, 15) is 0 Å². The highest BCUT2D eigenvalue weighted by Crippen LogP contribution is 2.32. The Hall–Kier alpha value is -1.19. The highest BCUT2D eigenvalue weighted by molar-refractivity contribution is 8.03. The molecule has 0 N–H and O–H groups in total. The number of allylic oxidation sites excluding steroid dienone is 1. The second kappa shape index (κ2) is 6.31. The summed E-state index contributed by atoms with van der Waals surface area (Å²) in [6.07, 6.45) is 7.00. The van der Waals surface area contributed by atoms with Gasteiger partial charge in [0.15, 0.2) is 0 Å². The van der Waals surface area contributed by atoms with E-state index in [1.807, 2.05) is 49.0 Å². The van der Waals surface area contributed by atoms with Crippen LogP contribution >= 0.6 is 11.8 Å². The lowest BCUT2D eigenvalue weighted by Gasteiger charge is -2.32. The second-order valence-corrected chi connectivity index (χ2v) is 5.80. The Kier molecular flexibility index (Phi) is 4.72. The molecule has 0 radical (unpaired) electrons. The van der Waals surface area contributed by atoms with Crippen LogP contribution in [0.5, 0.6) is 5.75 Å². The van der Waals surface area contributed by atoms with Crippen molar-refractivity contribution in [2.75, 3.05) is 12.9 Å². The fourth-order valence-corrected chi connectivity index (χ4v) is 2.69. The monoisotopic (exact) mass is 276 g/mol. The number of benzene rings is 1. The fraction of sp³-hybridized carbons (Fsp3) is 0.375. The lowest BCUT2D eigenvalue weighted by Crippen LogP contribution is -2.36. The van der Waals surface area contributed by atoms with Crippen LogP contribution in [0.25, 0.3) is 0 Å². The largest absolute Gasteiger partial charge is 0.458 e. The summed E-state index contributed by atoms with van der Waals surface area (Å²) in [4.78, 5) is 1.28. The summed E-state index contributed by atoms with van der Waals surface area (Å²) in [6.45, 7) is 4.20. The maximum atomic E-state index is 6.09. The summed E-state index contributed by atoms with van der Waals surface area (Å²) in [6, 6.07) is 8.00. The molecule has 0 saturated heterocycles. The molecule has 1 unspecified atom stereocenters. The number of methoxy groups -OCH3 is 1. The second-order valence-electron chi connectivity index (χ2n) is 4.46. The Morgan fingerprint density at radius 2 is 2.11 bits per heavy atom. The molecule has 102 valence electrons. The molecular weight excluding hydrogens is 256 g/mol. The number of hydrogen-bond donors (Lipinski definition) is 0. The van der Waals surface area contributed by atoms with Crippen LogP contribution in [-0.4, -0.2) is 18.6 Å². The van der Waals surface area contributed by atoms with E-state index in [4.69, 9.17) is 9.47 Å². The highest BCUT2D eigenvalue weighted by Gasteiger charge is 2.30. The maximum absolute atomic E-state index is 6.09. The average molecular weight is 276 g/mol. The van der Waals surface area contributed by atoms with Crippen molar-refractivity contribution in [2.24, 2.45) is 0 Å². The molecule has 0 fully saturated rings. The molecule has 0 aliphatic heterocycles. The minimum atomic E-state index is -0.677. The van der Waals surface area contributed by atoms with Crippen LogP contribution < -0.4 is 4.74 Å². The maximum Gasteiger partial charge on any atom is 0.233 e. The third kappa shape index (κ3) is 3.43. The van der Waals surface area contributed by atoms with Crippen LogP contribution in [0.15, 0.2) is 47.4 Å². The molecule has 1 atom stereocenters. The molecule has 1 aliphatic carbocycles. The van der Waals surface area contributed by atoms with Crippen molar-refractivity contribution >= 4 is 11.8 Å². The van der Waals surface area contributed by atoms with E-state index in [0.29, 0.717) is 0 Å². The first-order valence-corrected chi connectivity index (χ1v) is 7.49. The van der Waals surface area contributed by atoms with Crippen LogP contribution in [0.4, 0.5) is 0 Å². The zero-order chi connectivity index (χ0) is 13.7. The Morgan fingerprint density at radius 1 is 1.32 bits per heavy atom. The van der Waals surface area contributed by atoms with E-state index in [1.54, 1.807) is 7.11 Å². The topological polar surface area (TPSA) is 18.5 Å². The first kappa shape index (κ1) is 14.2. The third-order valence-corrected chi connectivity index (χ3v) is 4.05. The first-order valence-electron chi connectivity index (χ1n) is 6.51. The van der Waals surface area contributed by atoms with Gasteiger partial charge in [0.1, 0.15) is 5.75 Å². The zero-order valence-corrected chi connectivity index (χ0v) is 12.5. The minimum Gasteiger partial charge on any atom is -0.458 e. The van der Waals surface area contributed by atoms with Gasteiger partial charge in [0.2, 0.25) is 5.79 Å². The Bertz CT molecular complexity index is 493. The van der Waals surface area contributed by atoms with Crippen molar-refractivity contribution in [3.05, 3.63) is 53.0 Å². The quantitative estimate of drug-likeness (QED) is 0.746. The van der Waals surface area contributed by atoms with E-state index in [-0.39, 0.29) is 0 Å². The number of hydrogen-bond acceptors (Lipinski definition) is 3. The SMILES string of the molecule is CCSC1=CCC(OC)(Oc2ccccc2C)C=C1. The summed E-state index contributed by atoms with van der Waals surface area (Å²) in [7, 11) is 1.69. The van der Waals surface area contributed by atoms with Gasteiger partial charge in [0.05, 0.1) is 0 Å². The number of para-hydroxylation sites is 1. The fourth-order valence-electron chi connectivity index (χ4n) is 1.99. The van der Waals surface area contributed by atoms with Crippen LogP contribution in [0.3, 0.4) is 0 Å². The van der Waals surface area contributed by atoms with E-state index < -0.39 is 5.79 Å². The lowest BCUT2D eigenvalue weighted by molar-refractivity contribution is -0.123. The Morgan fingerprint density at radius 3 is 2.68 bits per heavy atom. The molecule has 0 bridgehead atoms. The summed E-state index contributed by atoms with van der Waals surface area (Å²) >= 11 is 1.84. The van der Waals surface area contributed by atoms with E-state index >= 15 is 0 Å². The van der Waals surface area contributed by atoms with Crippen LogP contribution in [-0.2, 0) is 4.74 Å². The van der Waals surface area contributed by atoms with Crippen LogP contribution in [0.1, 0.15) is 18.9 Å². The summed E-state index contributed by atoms with van der Waals surface area (Å²) < 4.78 is 11.7. The molecule has 2 rings (SSSR count). The van der Waals surface area contributed by atoms with Crippen molar-refractivity contribution in [2.45, 2.75) is 26.1 Å². The predicted molar refractivity (Wildman–Crippen MR) is 81.5 cm³/mol. The van der Waals surface area contributed by atoms with Crippen LogP contribution in [0, 0.1) is 6.92 Å². The molecule has 0 saturated carbocycles. The Labute approximate surface area is 119 Å². The van der Waals surface area contributed by atoms with E-state index in [2.05, 4.69) is 19.1 Å². The summed E-state index contributed by atoms with van der Waals surface area (Å²) in [5.74, 6) is 1.27. The molecular formula is C16H20O2S. The summed E-state index contributed by atoms with van der Waals surface area (Å²) in [5.41, 5.74) is 1.12. The molecule has 19 heavy (non-hydrogen) atoms. The molecule has 1 aromatic carbocycles. The average Bonchev–Trinajstić information content (AvgIpc) is 2.44. The molecule has 2 nitrogen and oxygen atoms in total. The smallest absolute Gasteiger partial charge is 0.233 e. The van der Waals surface area contributed by atoms with Crippen molar-refractivity contribution in [1.29, 1.82) is 0 Å². The van der Waals surface area contributed by atoms with Crippen molar-refractivity contribution in [1.82, 2.24) is 0 Å². The van der Waals surface area contributed by atoms with Crippen LogP contribution in [0.2, 0.25) is 0 Å². The van der Waals surface area contributed by atoms with Gasteiger partial charge in [-0.1, -0.05) is 31.2 Å². The summed E-state index contributed by atoms with van der Waals surface area (Å²) in [5, 5.41) is 0. The molecule has 0 spiro atoms. The zero-order valence-electron chi connectivity index (χ0n) is 11.7. The molecule has 1 aromatic rings. The van der Waals surface area contributed by atoms with Gasteiger partial charge >= 0.3 is 0 Å². The van der Waals surface area contributed by atoms with E-state index in [0.717, 1.165) is 23.5 Å². The van der Waals surface area contributed by atoms with Gasteiger partial charge in [-0.25, -0.2) is 0 Å². The molecule has 0 heterocycles. The van der Waals surface area contributed by atoms with Gasteiger partial charge in [-0.15, -0.1) is 11.8 Å². The number of aryl methyl sites for hydroxylation is 1.